The second-order valence-electron chi connectivity index (χ2n) is 4.66. The van der Waals surface area contributed by atoms with Gasteiger partial charge in [0.15, 0.2) is 0 Å². The molecule has 1 aromatic rings. The number of rotatable bonds is 4. The highest BCUT2D eigenvalue weighted by Gasteiger charge is 2.30. The van der Waals surface area contributed by atoms with Crippen LogP contribution < -0.4 is 4.72 Å². The van der Waals surface area contributed by atoms with E-state index in [1.807, 2.05) is 0 Å². The van der Waals surface area contributed by atoms with E-state index in [4.69, 9.17) is 21.4 Å². The quantitative estimate of drug-likeness (QED) is 0.811. The number of benzene rings is 1. The van der Waals surface area contributed by atoms with Gasteiger partial charge in [0.25, 0.3) is 0 Å². The summed E-state index contributed by atoms with van der Waals surface area (Å²) < 4.78 is 32.7. The van der Waals surface area contributed by atoms with Gasteiger partial charge in [-0.2, -0.15) is 0 Å². The number of ether oxygens (including phenoxy) is 1. The Morgan fingerprint density at radius 1 is 1.52 bits per heavy atom. The Labute approximate surface area is 135 Å². The van der Waals surface area contributed by atoms with Crippen LogP contribution in [0.15, 0.2) is 21.5 Å². The number of hydrogen-bond donors (Lipinski definition) is 2. The molecule has 0 aromatic heterocycles. The Balaban J connectivity index is 2.38. The maximum absolute atomic E-state index is 12.3. The molecule has 0 bridgehead atoms. The average molecular weight is 399 g/mol. The largest absolute Gasteiger partial charge is 0.478 e. The molecule has 2 atom stereocenters. The number of hydrogen-bond acceptors (Lipinski definition) is 4. The summed E-state index contributed by atoms with van der Waals surface area (Å²) in [6.45, 7) is 2.26. The first-order chi connectivity index (χ1) is 9.72. The minimum Gasteiger partial charge on any atom is -0.478 e. The van der Waals surface area contributed by atoms with Crippen LogP contribution in [-0.4, -0.2) is 38.2 Å². The van der Waals surface area contributed by atoms with E-state index in [0.717, 1.165) is 6.07 Å². The van der Waals surface area contributed by atoms with Crippen molar-refractivity contribution in [1.82, 2.24) is 4.72 Å². The zero-order valence-electron chi connectivity index (χ0n) is 11.0. The third-order valence-electron chi connectivity index (χ3n) is 3.23. The van der Waals surface area contributed by atoms with E-state index in [9.17, 15) is 13.2 Å². The number of nitrogens with one attached hydrogen (secondary N) is 1. The van der Waals surface area contributed by atoms with E-state index in [1.165, 1.54) is 6.07 Å². The molecule has 0 aliphatic carbocycles. The van der Waals surface area contributed by atoms with Gasteiger partial charge in [-0.25, -0.2) is 17.9 Å². The van der Waals surface area contributed by atoms with E-state index >= 15 is 0 Å². The van der Waals surface area contributed by atoms with Crippen molar-refractivity contribution >= 4 is 43.5 Å². The van der Waals surface area contributed by atoms with Crippen molar-refractivity contribution in [2.24, 2.45) is 0 Å². The molecule has 1 saturated heterocycles. The maximum atomic E-state index is 12.3. The molecule has 1 heterocycles. The lowest BCUT2D eigenvalue weighted by molar-refractivity contribution is 0.0696. The van der Waals surface area contributed by atoms with Crippen LogP contribution in [-0.2, 0) is 14.8 Å². The molecule has 0 amide bonds. The average Bonchev–Trinajstić information content (AvgIpc) is 2.77. The van der Waals surface area contributed by atoms with Gasteiger partial charge >= 0.3 is 5.97 Å². The Morgan fingerprint density at radius 2 is 2.19 bits per heavy atom. The van der Waals surface area contributed by atoms with Gasteiger partial charge in [-0.05, 0) is 41.4 Å². The minimum atomic E-state index is -3.85. The van der Waals surface area contributed by atoms with Crippen molar-refractivity contribution in [2.75, 3.05) is 6.61 Å². The fourth-order valence-electron chi connectivity index (χ4n) is 2.03. The van der Waals surface area contributed by atoms with Crippen LogP contribution in [0.5, 0.6) is 0 Å². The monoisotopic (exact) mass is 397 g/mol. The van der Waals surface area contributed by atoms with Gasteiger partial charge in [0.2, 0.25) is 10.0 Å². The summed E-state index contributed by atoms with van der Waals surface area (Å²) in [5.74, 6) is -1.30. The maximum Gasteiger partial charge on any atom is 0.337 e. The van der Waals surface area contributed by atoms with E-state index in [2.05, 4.69) is 20.7 Å². The molecule has 2 rings (SSSR count). The molecule has 1 aromatic carbocycles. The smallest absolute Gasteiger partial charge is 0.337 e. The molecule has 1 aliphatic rings. The van der Waals surface area contributed by atoms with Crippen molar-refractivity contribution < 1.29 is 23.1 Å². The van der Waals surface area contributed by atoms with E-state index in [0.29, 0.717) is 13.0 Å². The van der Waals surface area contributed by atoms with Crippen molar-refractivity contribution in [1.29, 1.82) is 0 Å². The highest BCUT2D eigenvalue weighted by atomic mass is 79.9. The van der Waals surface area contributed by atoms with Crippen LogP contribution in [0.1, 0.15) is 23.7 Å². The summed E-state index contributed by atoms with van der Waals surface area (Å²) in [6.07, 6.45) is 0.343. The second kappa shape index (κ2) is 6.21. The van der Waals surface area contributed by atoms with Gasteiger partial charge in [0.05, 0.1) is 27.6 Å². The molecule has 0 saturated carbocycles. The lowest BCUT2D eigenvalue weighted by Gasteiger charge is -2.17. The van der Waals surface area contributed by atoms with Crippen LogP contribution >= 0.6 is 27.5 Å². The molecular weight excluding hydrogens is 386 g/mol. The summed E-state index contributed by atoms with van der Waals surface area (Å²) in [5.41, 5.74) is -0.276. The highest BCUT2D eigenvalue weighted by molar-refractivity contribution is 9.10. The zero-order valence-corrected chi connectivity index (χ0v) is 14.1. The van der Waals surface area contributed by atoms with Gasteiger partial charge in [0, 0.05) is 11.1 Å². The normalized spacial score (nSPS) is 22.4. The molecule has 6 nitrogen and oxygen atoms in total. The first-order valence-electron chi connectivity index (χ1n) is 6.08. The molecular formula is C12H13BrClNO5S. The van der Waals surface area contributed by atoms with Gasteiger partial charge in [-0.1, -0.05) is 11.6 Å². The summed E-state index contributed by atoms with van der Waals surface area (Å²) in [4.78, 5) is 11.0. The molecule has 1 fully saturated rings. The van der Waals surface area contributed by atoms with Crippen LogP contribution in [0.3, 0.4) is 0 Å². The van der Waals surface area contributed by atoms with Crippen molar-refractivity contribution in [3.05, 3.63) is 27.2 Å². The Morgan fingerprint density at radius 3 is 2.71 bits per heavy atom. The van der Waals surface area contributed by atoms with Crippen LogP contribution in [0.4, 0.5) is 0 Å². The predicted octanol–water partition coefficient (Wildman–Crippen LogP) is 2.26. The van der Waals surface area contributed by atoms with Gasteiger partial charge in [-0.15, -0.1) is 0 Å². The number of carboxylic acids is 1. The molecule has 1 aliphatic heterocycles. The molecule has 2 N–H and O–H groups in total. The molecule has 0 radical (unpaired) electrons. The Hall–Kier alpha value is -0.670. The van der Waals surface area contributed by atoms with Crippen molar-refractivity contribution in [2.45, 2.75) is 30.4 Å². The third-order valence-corrected chi connectivity index (χ3v) is 5.96. The number of aromatic carboxylic acids is 1. The zero-order chi connectivity index (χ0) is 15.8. The Bertz CT molecular complexity index is 678. The first kappa shape index (κ1) is 16.7. The number of carboxylic acid groups (broad SMARTS) is 1. The second-order valence-corrected chi connectivity index (χ2v) is 7.61. The van der Waals surface area contributed by atoms with Gasteiger partial charge in [-0.3, -0.25) is 0 Å². The van der Waals surface area contributed by atoms with Gasteiger partial charge < -0.3 is 9.84 Å². The fraction of sp³-hybridized carbons (Fsp3) is 0.417. The number of halogens is 2. The molecule has 0 spiro atoms. The van der Waals surface area contributed by atoms with Crippen molar-refractivity contribution in [3.8, 4) is 0 Å². The first-order valence-corrected chi connectivity index (χ1v) is 8.74. The SMILES string of the molecule is CC1OCCC1NS(=O)(=O)c1cc(Br)c(Cl)c(C(=O)O)c1. The minimum absolute atomic E-state index is 0.0426. The molecule has 9 heteroatoms. The van der Waals surface area contributed by atoms with E-state index < -0.39 is 16.0 Å². The molecule has 2 unspecified atom stereocenters. The van der Waals surface area contributed by atoms with Crippen LogP contribution in [0.25, 0.3) is 0 Å². The fourth-order valence-corrected chi connectivity index (χ4v) is 4.22. The lowest BCUT2D eigenvalue weighted by Crippen LogP contribution is -2.39. The summed E-state index contributed by atoms with van der Waals surface area (Å²) in [6, 6.07) is 1.98. The van der Waals surface area contributed by atoms with Gasteiger partial charge in [0.1, 0.15) is 0 Å². The number of sulfonamides is 1. The van der Waals surface area contributed by atoms with E-state index in [-0.39, 0.29) is 32.1 Å². The predicted molar refractivity (Wildman–Crippen MR) is 80.3 cm³/mol. The van der Waals surface area contributed by atoms with Crippen LogP contribution in [0.2, 0.25) is 5.02 Å². The van der Waals surface area contributed by atoms with Crippen molar-refractivity contribution in [3.63, 3.8) is 0 Å². The number of carbonyl (C=O) groups is 1. The summed E-state index contributed by atoms with van der Waals surface area (Å²) in [5, 5.41) is 9.02. The standard InChI is InChI=1S/C12H13BrClNO5S/c1-6-10(2-3-20-6)15-21(18,19)7-4-8(12(16)17)11(14)9(13)5-7/h4-6,10,15H,2-3H2,1H3,(H,16,17). The Kier molecular flexibility index (Phi) is 4.94. The molecule has 116 valence electrons. The van der Waals surface area contributed by atoms with E-state index in [1.54, 1.807) is 6.92 Å². The highest BCUT2D eigenvalue weighted by Crippen LogP contribution is 2.30. The lowest BCUT2D eigenvalue weighted by atomic mass is 10.2. The third kappa shape index (κ3) is 3.57. The summed E-state index contributed by atoms with van der Waals surface area (Å²) in [7, 11) is -3.85. The summed E-state index contributed by atoms with van der Waals surface area (Å²) >= 11 is 8.91. The van der Waals surface area contributed by atoms with Crippen LogP contribution in [0, 0.1) is 0 Å². The topological polar surface area (TPSA) is 92.7 Å². The molecule has 21 heavy (non-hydrogen) atoms.